The number of Topliss-reactive ketones (excluding diaryl/α,β-unsaturated/α-hetero) is 1. The number of benzene rings is 1. The summed E-state index contributed by atoms with van der Waals surface area (Å²) in [4.78, 5) is 14.3. The molecule has 148 valence electrons. The first kappa shape index (κ1) is 19.0. The first-order chi connectivity index (χ1) is 13.1. The Morgan fingerprint density at radius 2 is 1.78 bits per heavy atom. The number of carbonyl (C=O) groups is 1. The van der Waals surface area contributed by atoms with Crippen LogP contribution in [0.5, 0.6) is 5.75 Å². The van der Waals surface area contributed by atoms with Gasteiger partial charge in [-0.2, -0.15) is 0 Å². The van der Waals surface area contributed by atoms with Gasteiger partial charge in [0.15, 0.2) is 0 Å². The van der Waals surface area contributed by atoms with Gasteiger partial charge in [-0.05, 0) is 93.5 Å². The van der Waals surface area contributed by atoms with Crippen molar-refractivity contribution in [1.82, 2.24) is 4.90 Å². The molecule has 1 heterocycles. The molecule has 4 rings (SSSR count). The summed E-state index contributed by atoms with van der Waals surface area (Å²) in [5, 5.41) is 0. The van der Waals surface area contributed by atoms with Crippen LogP contribution in [0.15, 0.2) is 18.2 Å². The molecule has 3 nitrogen and oxygen atoms in total. The predicted octanol–water partition coefficient (Wildman–Crippen LogP) is 4.97. The normalized spacial score (nSPS) is 29.5. The highest BCUT2D eigenvalue weighted by atomic mass is 16.5. The van der Waals surface area contributed by atoms with Gasteiger partial charge >= 0.3 is 0 Å². The maximum absolute atomic E-state index is 11.5. The molecule has 1 aromatic carbocycles. The molecule has 0 aromatic heterocycles. The predicted molar refractivity (Wildman–Crippen MR) is 109 cm³/mol. The molecule has 2 bridgehead atoms. The Bertz CT molecular complexity index is 662. The van der Waals surface area contributed by atoms with Crippen molar-refractivity contribution >= 4 is 5.78 Å². The monoisotopic (exact) mass is 369 g/mol. The van der Waals surface area contributed by atoms with Crippen LogP contribution in [0.4, 0.5) is 0 Å². The van der Waals surface area contributed by atoms with Gasteiger partial charge in [-0.15, -0.1) is 0 Å². The van der Waals surface area contributed by atoms with E-state index in [1.807, 2.05) is 6.07 Å². The van der Waals surface area contributed by atoms with Gasteiger partial charge in [0.1, 0.15) is 11.5 Å². The standard InChI is InChI=1S/C24H35NO2/c1-17(26)13-19-6-8-24(27-2)23(16-19)21-9-11-25(12-10-21)22-7-5-18-3-4-20(14-18)15-22/h6,8,16,18,20-22H,3-5,7,9-15H2,1-2H3/t18-,20+,22?/m1/s1. The number of rotatable bonds is 5. The van der Waals surface area contributed by atoms with Crippen molar-refractivity contribution in [3.8, 4) is 5.75 Å². The van der Waals surface area contributed by atoms with E-state index in [2.05, 4.69) is 17.0 Å². The molecule has 3 fully saturated rings. The third kappa shape index (κ3) is 4.39. The van der Waals surface area contributed by atoms with E-state index in [9.17, 15) is 4.79 Å². The second-order valence-corrected chi connectivity index (χ2v) is 9.28. The fourth-order valence-electron chi connectivity index (χ4n) is 5.99. The lowest BCUT2D eigenvalue weighted by atomic mass is 9.85. The fourth-order valence-corrected chi connectivity index (χ4v) is 5.99. The van der Waals surface area contributed by atoms with Crippen LogP contribution in [0, 0.1) is 11.8 Å². The van der Waals surface area contributed by atoms with E-state index in [-0.39, 0.29) is 5.78 Å². The maximum Gasteiger partial charge on any atom is 0.134 e. The van der Waals surface area contributed by atoms with Crippen molar-refractivity contribution in [1.29, 1.82) is 0 Å². The van der Waals surface area contributed by atoms with Gasteiger partial charge in [0.2, 0.25) is 0 Å². The Kier molecular flexibility index (Phi) is 5.87. The van der Waals surface area contributed by atoms with E-state index in [4.69, 9.17) is 4.74 Å². The molecule has 0 radical (unpaired) electrons. The summed E-state index contributed by atoms with van der Waals surface area (Å²) in [7, 11) is 1.76. The van der Waals surface area contributed by atoms with Gasteiger partial charge < -0.3 is 9.64 Å². The minimum Gasteiger partial charge on any atom is -0.496 e. The second-order valence-electron chi connectivity index (χ2n) is 9.28. The summed E-state index contributed by atoms with van der Waals surface area (Å²) in [6, 6.07) is 7.15. The van der Waals surface area contributed by atoms with E-state index in [0.29, 0.717) is 12.3 Å². The Balaban J connectivity index is 1.40. The van der Waals surface area contributed by atoms with Crippen LogP contribution in [0.3, 0.4) is 0 Å². The highest BCUT2D eigenvalue weighted by Gasteiger charge is 2.35. The molecular weight excluding hydrogens is 334 g/mol. The van der Waals surface area contributed by atoms with E-state index in [0.717, 1.165) is 29.2 Å². The number of ketones is 1. The summed E-state index contributed by atoms with van der Waals surface area (Å²) in [5.41, 5.74) is 2.44. The summed E-state index contributed by atoms with van der Waals surface area (Å²) in [6.07, 6.45) is 11.8. The summed E-state index contributed by atoms with van der Waals surface area (Å²) < 4.78 is 5.65. The van der Waals surface area contributed by atoms with Crippen molar-refractivity contribution in [3.63, 3.8) is 0 Å². The number of carbonyl (C=O) groups excluding carboxylic acids is 1. The molecule has 0 amide bonds. The molecule has 2 aliphatic carbocycles. The van der Waals surface area contributed by atoms with Crippen LogP contribution < -0.4 is 4.74 Å². The molecule has 0 spiro atoms. The molecule has 3 atom stereocenters. The zero-order valence-electron chi connectivity index (χ0n) is 17.1. The molecule has 27 heavy (non-hydrogen) atoms. The van der Waals surface area contributed by atoms with E-state index in [1.165, 1.54) is 70.0 Å². The van der Waals surface area contributed by atoms with Crippen molar-refractivity contribution in [3.05, 3.63) is 29.3 Å². The van der Waals surface area contributed by atoms with E-state index in [1.54, 1.807) is 14.0 Å². The molecule has 1 unspecified atom stereocenters. The average Bonchev–Trinajstić information content (AvgIpc) is 3.00. The zero-order chi connectivity index (χ0) is 18.8. The first-order valence-corrected chi connectivity index (χ1v) is 11.0. The van der Waals surface area contributed by atoms with E-state index < -0.39 is 0 Å². The lowest BCUT2D eigenvalue weighted by molar-refractivity contribution is -0.116. The van der Waals surface area contributed by atoms with Crippen LogP contribution in [0.2, 0.25) is 0 Å². The zero-order valence-corrected chi connectivity index (χ0v) is 17.1. The van der Waals surface area contributed by atoms with Crippen molar-refractivity contribution in [2.24, 2.45) is 11.8 Å². The number of likely N-dealkylation sites (tertiary alicyclic amines) is 1. The summed E-state index contributed by atoms with van der Waals surface area (Å²) >= 11 is 0. The second kappa shape index (κ2) is 8.34. The van der Waals surface area contributed by atoms with Crippen LogP contribution in [-0.2, 0) is 11.2 Å². The highest BCUT2D eigenvalue weighted by Crippen LogP contribution is 2.43. The van der Waals surface area contributed by atoms with Crippen molar-refractivity contribution in [2.45, 2.75) is 76.7 Å². The number of hydrogen-bond acceptors (Lipinski definition) is 3. The number of ether oxygens (including phenoxy) is 1. The van der Waals surface area contributed by atoms with Gasteiger partial charge in [-0.25, -0.2) is 0 Å². The third-order valence-corrected chi connectivity index (χ3v) is 7.40. The molecule has 1 aromatic rings. The quantitative estimate of drug-likeness (QED) is 0.733. The number of nitrogens with zero attached hydrogens (tertiary/aromatic N) is 1. The lowest BCUT2D eigenvalue weighted by Gasteiger charge is -2.39. The molecule has 1 aliphatic heterocycles. The van der Waals surface area contributed by atoms with Crippen molar-refractivity contribution in [2.75, 3.05) is 20.2 Å². The SMILES string of the molecule is COc1ccc(CC(C)=O)cc1C1CCN(C2CC[C@H]3CC[C@H](C2)C3)CC1. The van der Waals surface area contributed by atoms with Gasteiger partial charge in [0.25, 0.3) is 0 Å². The lowest BCUT2D eigenvalue weighted by Crippen LogP contribution is -2.41. The maximum atomic E-state index is 11.5. The molecular formula is C24H35NO2. The minimum atomic E-state index is 0.226. The van der Waals surface area contributed by atoms with Crippen LogP contribution in [0.25, 0.3) is 0 Å². The van der Waals surface area contributed by atoms with Gasteiger partial charge in [-0.1, -0.05) is 25.0 Å². The van der Waals surface area contributed by atoms with Crippen molar-refractivity contribution < 1.29 is 9.53 Å². The largest absolute Gasteiger partial charge is 0.496 e. The number of methoxy groups -OCH3 is 1. The van der Waals surface area contributed by atoms with Crippen LogP contribution in [-0.4, -0.2) is 36.9 Å². The fraction of sp³-hybridized carbons (Fsp3) is 0.708. The number of fused-ring (bicyclic) bond motifs is 2. The average molecular weight is 370 g/mol. The molecule has 0 N–H and O–H groups in total. The van der Waals surface area contributed by atoms with Gasteiger partial charge in [0, 0.05) is 12.5 Å². The Hall–Kier alpha value is -1.35. The highest BCUT2D eigenvalue weighted by molar-refractivity contribution is 5.78. The van der Waals surface area contributed by atoms with Crippen LogP contribution in [0.1, 0.15) is 75.3 Å². The summed E-state index contributed by atoms with van der Waals surface area (Å²) in [5.74, 6) is 3.82. The topological polar surface area (TPSA) is 29.5 Å². The number of piperidine rings is 1. The Morgan fingerprint density at radius 1 is 1.04 bits per heavy atom. The number of hydrogen-bond donors (Lipinski definition) is 0. The third-order valence-electron chi connectivity index (χ3n) is 7.40. The molecule has 1 saturated heterocycles. The minimum absolute atomic E-state index is 0.226. The smallest absolute Gasteiger partial charge is 0.134 e. The Labute approximate surface area is 164 Å². The van der Waals surface area contributed by atoms with Crippen LogP contribution >= 0.6 is 0 Å². The molecule has 2 saturated carbocycles. The molecule has 3 heteroatoms. The first-order valence-electron chi connectivity index (χ1n) is 11.0. The summed E-state index contributed by atoms with van der Waals surface area (Å²) in [6.45, 7) is 4.10. The van der Waals surface area contributed by atoms with Gasteiger partial charge in [-0.3, -0.25) is 4.79 Å². The molecule has 3 aliphatic rings. The van der Waals surface area contributed by atoms with Gasteiger partial charge in [0.05, 0.1) is 7.11 Å². The Morgan fingerprint density at radius 3 is 2.52 bits per heavy atom. The van der Waals surface area contributed by atoms with E-state index >= 15 is 0 Å².